The van der Waals surface area contributed by atoms with Crippen molar-refractivity contribution in [2.45, 2.75) is 22.8 Å². The molecule has 0 amide bonds. The fourth-order valence-corrected chi connectivity index (χ4v) is 3.12. The molecule has 8 heteroatoms. The summed E-state index contributed by atoms with van der Waals surface area (Å²) in [6.45, 7) is -0.294. The number of hydrogen-bond donors (Lipinski definition) is 4. The van der Waals surface area contributed by atoms with Crippen LogP contribution in [-0.2, 0) is 0 Å². The Morgan fingerprint density at radius 2 is 2.06 bits per heavy atom. The zero-order valence-corrected chi connectivity index (χ0v) is 9.50. The maximum atomic E-state index is 11.5. The van der Waals surface area contributed by atoms with Crippen LogP contribution in [0.2, 0.25) is 0 Å². The fourth-order valence-electron chi connectivity index (χ4n) is 1.74. The first-order valence-corrected chi connectivity index (χ1v) is 5.93. The lowest BCUT2D eigenvalue weighted by atomic mass is 10.1. The second-order valence-electron chi connectivity index (χ2n) is 3.75. The highest BCUT2D eigenvalue weighted by molar-refractivity contribution is 8.00. The summed E-state index contributed by atoms with van der Waals surface area (Å²) in [6.07, 6.45) is -1.01. The highest BCUT2D eigenvalue weighted by Gasteiger charge is 2.43. The Morgan fingerprint density at radius 3 is 2.59 bits per heavy atom. The second kappa shape index (κ2) is 4.65. The van der Waals surface area contributed by atoms with Gasteiger partial charge in [-0.15, -0.1) is 11.8 Å². The molecule has 17 heavy (non-hydrogen) atoms. The first-order chi connectivity index (χ1) is 8.04. The molecule has 1 aliphatic heterocycles. The van der Waals surface area contributed by atoms with Crippen LogP contribution in [0.15, 0.2) is 21.9 Å². The average Bonchev–Trinajstić information content (AvgIpc) is 2.57. The maximum Gasteiger partial charge on any atom is 0.329 e. The van der Waals surface area contributed by atoms with Gasteiger partial charge < -0.3 is 15.3 Å². The molecule has 1 aliphatic rings. The highest BCUT2D eigenvalue weighted by atomic mass is 32.2. The molecule has 0 radical (unpaired) electrons. The normalized spacial score (nSPS) is 32.9. The topological polar surface area (TPSA) is 116 Å². The molecule has 0 aliphatic carbocycles. The lowest BCUT2D eigenvalue weighted by molar-refractivity contribution is 0.0101. The molecule has 0 bridgehead atoms. The van der Waals surface area contributed by atoms with E-state index in [0.717, 1.165) is 22.4 Å². The van der Waals surface area contributed by atoms with Crippen LogP contribution in [0.25, 0.3) is 0 Å². The Hall–Kier alpha value is -1.09. The second-order valence-corrected chi connectivity index (χ2v) is 5.11. The minimum atomic E-state index is -1.17. The molecule has 2 heterocycles. The van der Waals surface area contributed by atoms with Gasteiger partial charge in [-0.05, 0) is 0 Å². The van der Waals surface area contributed by atoms with E-state index in [0.29, 0.717) is 0 Å². The molecule has 0 spiro atoms. The van der Waals surface area contributed by atoms with Gasteiger partial charge in [0.2, 0.25) is 0 Å². The van der Waals surface area contributed by atoms with Crippen LogP contribution in [0.3, 0.4) is 0 Å². The van der Waals surface area contributed by atoms with Crippen LogP contribution in [0, 0.1) is 0 Å². The van der Waals surface area contributed by atoms with E-state index in [1.54, 1.807) is 0 Å². The third-order valence-corrected chi connectivity index (χ3v) is 4.20. The SMILES string of the molecule is O=c1ccn(C2SC(CO)[C@@H](O)[C@H]2O)c(=O)[nH]1. The molecule has 1 fully saturated rings. The average molecular weight is 260 g/mol. The van der Waals surface area contributed by atoms with Crippen molar-refractivity contribution in [1.82, 2.24) is 9.55 Å². The molecule has 0 saturated carbocycles. The summed E-state index contributed by atoms with van der Waals surface area (Å²) in [5.74, 6) is 0. The van der Waals surface area contributed by atoms with E-state index < -0.39 is 34.1 Å². The van der Waals surface area contributed by atoms with Crippen LogP contribution in [-0.4, -0.2) is 48.9 Å². The number of hydrogen-bond acceptors (Lipinski definition) is 6. The maximum absolute atomic E-state index is 11.5. The molecule has 2 unspecified atom stereocenters. The van der Waals surface area contributed by atoms with E-state index in [2.05, 4.69) is 4.98 Å². The molecule has 2 rings (SSSR count). The van der Waals surface area contributed by atoms with Crippen molar-refractivity contribution < 1.29 is 15.3 Å². The van der Waals surface area contributed by atoms with Crippen LogP contribution >= 0.6 is 11.8 Å². The quantitative estimate of drug-likeness (QED) is 0.482. The standard InChI is InChI=1S/C9H12N2O5S/c12-3-4-6(14)7(15)8(17-4)11-2-1-5(13)10-9(11)16/h1-2,4,6-8,12,14-15H,3H2,(H,10,13,16)/t4?,6-,7-,8?/m1/s1. The highest BCUT2D eigenvalue weighted by Crippen LogP contribution is 2.40. The first-order valence-electron chi connectivity index (χ1n) is 4.98. The Morgan fingerprint density at radius 1 is 1.35 bits per heavy atom. The number of thioether (sulfide) groups is 1. The summed E-state index contributed by atoms with van der Waals surface area (Å²) >= 11 is 1.09. The number of aliphatic hydroxyl groups excluding tert-OH is 3. The van der Waals surface area contributed by atoms with Crippen molar-refractivity contribution in [3.05, 3.63) is 33.1 Å². The molecule has 4 N–H and O–H groups in total. The van der Waals surface area contributed by atoms with Crippen LogP contribution in [0.5, 0.6) is 0 Å². The van der Waals surface area contributed by atoms with Gasteiger partial charge in [-0.2, -0.15) is 0 Å². The summed E-state index contributed by atoms with van der Waals surface area (Å²) in [5.41, 5.74) is -1.18. The zero-order chi connectivity index (χ0) is 12.6. The van der Waals surface area contributed by atoms with Gasteiger partial charge in [0, 0.05) is 12.3 Å². The molecule has 1 aromatic rings. The van der Waals surface area contributed by atoms with Crippen LogP contribution < -0.4 is 11.2 Å². The first kappa shape index (κ1) is 12.4. The lowest BCUT2D eigenvalue weighted by Crippen LogP contribution is -2.37. The number of aliphatic hydroxyl groups is 3. The van der Waals surface area contributed by atoms with Crippen molar-refractivity contribution in [2.75, 3.05) is 6.61 Å². The lowest BCUT2D eigenvalue weighted by Gasteiger charge is -2.17. The number of aromatic nitrogens is 2. The largest absolute Gasteiger partial charge is 0.395 e. The number of nitrogens with one attached hydrogen (secondary N) is 1. The monoisotopic (exact) mass is 260 g/mol. The van der Waals surface area contributed by atoms with Gasteiger partial charge in [-0.25, -0.2) is 4.79 Å². The molecule has 4 atom stereocenters. The third-order valence-electron chi connectivity index (χ3n) is 2.64. The molecule has 0 aromatic carbocycles. The molecular weight excluding hydrogens is 248 g/mol. The Kier molecular flexibility index (Phi) is 3.38. The summed E-state index contributed by atoms with van der Waals surface area (Å²) in [4.78, 5) is 24.5. The zero-order valence-electron chi connectivity index (χ0n) is 8.68. The Labute approximate surface area is 99.7 Å². The third kappa shape index (κ3) is 2.16. The number of H-pyrrole nitrogens is 1. The van der Waals surface area contributed by atoms with Gasteiger partial charge >= 0.3 is 5.69 Å². The van der Waals surface area contributed by atoms with Gasteiger partial charge in [-0.1, -0.05) is 0 Å². The Bertz CT molecular complexity index is 513. The summed E-state index contributed by atoms with van der Waals surface area (Å²) in [6, 6.07) is 1.16. The van der Waals surface area contributed by atoms with Crippen LogP contribution in [0.1, 0.15) is 5.37 Å². The van der Waals surface area contributed by atoms with Crippen molar-refractivity contribution in [2.24, 2.45) is 0 Å². The molecule has 1 saturated heterocycles. The van der Waals surface area contributed by atoms with E-state index >= 15 is 0 Å². The van der Waals surface area contributed by atoms with E-state index in [1.807, 2.05) is 0 Å². The summed E-state index contributed by atoms with van der Waals surface area (Å²) in [7, 11) is 0. The number of rotatable bonds is 2. The van der Waals surface area contributed by atoms with Gasteiger partial charge in [0.05, 0.1) is 18.0 Å². The summed E-state index contributed by atoms with van der Waals surface area (Å²) < 4.78 is 1.13. The molecule has 1 aromatic heterocycles. The molecule has 7 nitrogen and oxygen atoms in total. The van der Waals surface area contributed by atoms with Gasteiger partial charge in [-0.3, -0.25) is 14.3 Å². The van der Waals surface area contributed by atoms with Crippen molar-refractivity contribution in [3.63, 3.8) is 0 Å². The number of nitrogens with zero attached hydrogens (tertiary/aromatic N) is 1. The minimum absolute atomic E-state index is 0.294. The van der Waals surface area contributed by atoms with E-state index in [4.69, 9.17) is 5.11 Å². The van der Waals surface area contributed by atoms with E-state index in [9.17, 15) is 19.8 Å². The van der Waals surface area contributed by atoms with E-state index in [-0.39, 0.29) is 6.61 Å². The Balaban J connectivity index is 2.35. The summed E-state index contributed by atoms with van der Waals surface area (Å²) in [5, 5.41) is 27.1. The minimum Gasteiger partial charge on any atom is -0.395 e. The molecular formula is C9H12N2O5S. The van der Waals surface area contributed by atoms with Crippen molar-refractivity contribution >= 4 is 11.8 Å². The number of aromatic amines is 1. The van der Waals surface area contributed by atoms with Crippen molar-refractivity contribution in [1.29, 1.82) is 0 Å². The van der Waals surface area contributed by atoms with E-state index in [1.165, 1.54) is 6.20 Å². The van der Waals surface area contributed by atoms with Gasteiger partial charge in [0.15, 0.2) is 0 Å². The van der Waals surface area contributed by atoms with Gasteiger partial charge in [0.1, 0.15) is 11.5 Å². The predicted octanol–water partition coefficient (Wildman–Crippen LogP) is -2.14. The van der Waals surface area contributed by atoms with Crippen LogP contribution in [0.4, 0.5) is 0 Å². The smallest absolute Gasteiger partial charge is 0.329 e. The molecule has 94 valence electrons. The van der Waals surface area contributed by atoms with Crippen molar-refractivity contribution in [3.8, 4) is 0 Å². The van der Waals surface area contributed by atoms with Gasteiger partial charge in [0.25, 0.3) is 5.56 Å². The predicted molar refractivity (Wildman–Crippen MR) is 60.8 cm³/mol. The fraction of sp³-hybridized carbons (Fsp3) is 0.556.